The summed E-state index contributed by atoms with van der Waals surface area (Å²) in [6.45, 7) is 1.62. The summed E-state index contributed by atoms with van der Waals surface area (Å²) in [7, 11) is 0. The first-order valence-electron chi connectivity index (χ1n) is 5.72. The summed E-state index contributed by atoms with van der Waals surface area (Å²) in [6, 6.07) is 5.76. The van der Waals surface area contributed by atoms with Gasteiger partial charge in [-0.05, 0) is 31.0 Å². The molecule has 3 N–H and O–H groups in total. The van der Waals surface area contributed by atoms with E-state index >= 15 is 0 Å². The van der Waals surface area contributed by atoms with Crippen molar-refractivity contribution in [2.75, 3.05) is 13.2 Å². The Kier molecular flexibility index (Phi) is 4.91. The maximum Gasteiger partial charge on any atom is 0.171 e. The third-order valence-electron chi connectivity index (χ3n) is 2.79. The van der Waals surface area contributed by atoms with Gasteiger partial charge < -0.3 is 15.7 Å². The van der Waals surface area contributed by atoms with Crippen LogP contribution in [0.5, 0.6) is 0 Å². The number of halogens is 1. The number of rotatable bonds is 3. The van der Waals surface area contributed by atoms with Crippen LogP contribution in [0.15, 0.2) is 32.7 Å². The largest absolute Gasteiger partial charge is 0.409 e. The number of ether oxygens (including phenoxy) is 1. The molecule has 0 aliphatic carbocycles. The molecule has 0 bridgehead atoms. The molecule has 0 unspecified atom stereocenters. The quantitative estimate of drug-likeness (QED) is 0.387. The minimum Gasteiger partial charge on any atom is -0.409 e. The van der Waals surface area contributed by atoms with Crippen molar-refractivity contribution in [2.45, 2.75) is 23.0 Å². The van der Waals surface area contributed by atoms with Gasteiger partial charge in [-0.25, -0.2) is 0 Å². The molecule has 0 aromatic heterocycles. The van der Waals surface area contributed by atoms with Crippen LogP contribution in [-0.4, -0.2) is 29.5 Å². The Labute approximate surface area is 119 Å². The van der Waals surface area contributed by atoms with Gasteiger partial charge in [0.15, 0.2) is 5.84 Å². The van der Waals surface area contributed by atoms with Crippen LogP contribution in [0.4, 0.5) is 0 Å². The first kappa shape index (κ1) is 13.7. The van der Waals surface area contributed by atoms with Crippen molar-refractivity contribution in [3.8, 4) is 0 Å². The topological polar surface area (TPSA) is 67.8 Å². The van der Waals surface area contributed by atoms with Gasteiger partial charge >= 0.3 is 0 Å². The summed E-state index contributed by atoms with van der Waals surface area (Å²) in [5.74, 6) is 0.150. The average Bonchev–Trinajstić information content (AvgIpc) is 2.39. The summed E-state index contributed by atoms with van der Waals surface area (Å²) in [5.41, 5.74) is 6.47. The highest BCUT2D eigenvalue weighted by molar-refractivity contribution is 9.10. The third-order valence-corrected chi connectivity index (χ3v) is 4.68. The number of nitrogens with zero attached hydrogens (tertiary/aromatic N) is 1. The number of amidine groups is 1. The lowest BCUT2D eigenvalue weighted by molar-refractivity contribution is 0.100. The van der Waals surface area contributed by atoms with Crippen molar-refractivity contribution < 1.29 is 9.94 Å². The van der Waals surface area contributed by atoms with Crippen molar-refractivity contribution in [2.24, 2.45) is 10.9 Å². The van der Waals surface area contributed by atoms with Crippen LogP contribution in [-0.2, 0) is 4.74 Å². The second-order valence-electron chi connectivity index (χ2n) is 4.06. The number of thioether (sulfide) groups is 1. The molecule has 1 aromatic rings. The van der Waals surface area contributed by atoms with Crippen LogP contribution >= 0.6 is 27.7 Å². The van der Waals surface area contributed by atoms with E-state index in [9.17, 15) is 0 Å². The molecule has 0 radical (unpaired) electrons. The van der Waals surface area contributed by atoms with Crippen molar-refractivity contribution in [3.63, 3.8) is 0 Å². The first-order valence-corrected chi connectivity index (χ1v) is 7.40. The standard InChI is InChI=1S/C12H15BrN2O2S/c13-8-1-2-10(12(14)15-16)11(7-8)18-9-3-5-17-6-4-9/h1-2,7,9,16H,3-6H2,(H2,14,15). The van der Waals surface area contributed by atoms with E-state index in [1.54, 1.807) is 11.8 Å². The molecule has 1 aliphatic rings. The van der Waals surface area contributed by atoms with Gasteiger partial charge in [-0.15, -0.1) is 11.8 Å². The number of nitrogens with two attached hydrogens (primary N) is 1. The second kappa shape index (κ2) is 6.45. The predicted molar refractivity (Wildman–Crippen MR) is 76.4 cm³/mol. The van der Waals surface area contributed by atoms with Gasteiger partial charge in [0.25, 0.3) is 0 Å². The lowest BCUT2D eigenvalue weighted by Gasteiger charge is -2.22. The first-order chi connectivity index (χ1) is 8.70. The molecular weight excluding hydrogens is 316 g/mol. The van der Waals surface area contributed by atoms with Gasteiger partial charge in [0.2, 0.25) is 0 Å². The maximum absolute atomic E-state index is 8.81. The van der Waals surface area contributed by atoms with Crippen molar-refractivity contribution in [1.29, 1.82) is 0 Å². The van der Waals surface area contributed by atoms with Gasteiger partial charge in [0.05, 0.1) is 0 Å². The molecule has 0 amide bonds. The number of hydrogen-bond donors (Lipinski definition) is 2. The van der Waals surface area contributed by atoms with Crippen LogP contribution < -0.4 is 5.73 Å². The van der Waals surface area contributed by atoms with Gasteiger partial charge in [0, 0.05) is 33.4 Å². The van der Waals surface area contributed by atoms with E-state index in [4.69, 9.17) is 15.7 Å². The zero-order valence-corrected chi connectivity index (χ0v) is 12.2. The fourth-order valence-corrected chi connectivity index (χ4v) is 3.63. The number of benzene rings is 1. The maximum atomic E-state index is 8.81. The van der Waals surface area contributed by atoms with Crippen LogP contribution in [0.25, 0.3) is 0 Å². The van der Waals surface area contributed by atoms with Gasteiger partial charge in [0.1, 0.15) is 0 Å². The number of hydrogen-bond acceptors (Lipinski definition) is 4. The second-order valence-corrected chi connectivity index (χ2v) is 6.31. The smallest absolute Gasteiger partial charge is 0.171 e. The highest BCUT2D eigenvalue weighted by Gasteiger charge is 2.18. The summed E-state index contributed by atoms with van der Waals surface area (Å²) in [6.07, 6.45) is 2.07. The molecule has 2 rings (SSSR count). The molecule has 1 saturated heterocycles. The molecule has 1 heterocycles. The summed E-state index contributed by atoms with van der Waals surface area (Å²) in [4.78, 5) is 1.03. The Hall–Kier alpha value is -0.720. The van der Waals surface area contributed by atoms with Crippen LogP contribution in [0.1, 0.15) is 18.4 Å². The van der Waals surface area contributed by atoms with E-state index in [1.165, 1.54) is 0 Å². The van der Waals surface area contributed by atoms with Crippen LogP contribution in [0, 0.1) is 0 Å². The van der Waals surface area contributed by atoms with Crippen LogP contribution in [0.2, 0.25) is 0 Å². The van der Waals surface area contributed by atoms with E-state index in [1.807, 2.05) is 18.2 Å². The lowest BCUT2D eigenvalue weighted by Crippen LogP contribution is -2.19. The van der Waals surface area contributed by atoms with E-state index in [2.05, 4.69) is 21.1 Å². The predicted octanol–water partition coefficient (Wildman–Crippen LogP) is 2.81. The molecular formula is C12H15BrN2O2S. The Balaban J connectivity index is 2.21. The molecule has 1 aromatic carbocycles. The summed E-state index contributed by atoms with van der Waals surface area (Å²) in [5, 5.41) is 12.4. The Morgan fingerprint density at radius 3 is 2.83 bits per heavy atom. The minimum absolute atomic E-state index is 0.150. The van der Waals surface area contributed by atoms with Crippen molar-refractivity contribution in [1.82, 2.24) is 0 Å². The van der Waals surface area contributed by atoms with E-state index in [0.717, 1.165) is 41.0 Å². The Morgan fingerprint density at radius 1 is 1.44 bits per heavy atom. The molecule has 18 heavy (non-hydrogen) atoms. The minimum atomic E-state index is 0.150. The highest BCUT2D eigenvalue weighted by atomic mass is 79.9. The van der Waals surface area contributed by atoms with Gasteiger partial charge in [-0.1, -0.05) is 21.1 Å². The zero-order chi connectivity index (χ0) is 13.0. The fraction of sp³-hybridized carbons (Fsp3) is 0.417. The van der Waals surface area contributed by atoms with E-state index in [0.29, 0.717) is 5.25 Å². The fourth-order valence-electron chi connectivity index (χ4n) is 1.83. The monoisotopic (exact) mass is 330 g/mol. The third kappa shape index (κ3) is 3.40. The average molecular weight is 331 g/mol. The lowest BCUT2D eigenvalue weighted by atomic mass is 10.2. The molecule has 98 valence electrons. The van der Waals surface area contributed by atoms with Gasteiger partial charge in [-0.2, -0.15) is 0 Å². The molecule has 0 spiro atoms. The Morgan fingerprint density at radius 2 is 2.17 bits per heavy atom. The highest BCUT2D eigenvalue weighted by Crippen LogP contribution is 2.33. The molecule has 1 fully saturated rings. The van der Waals surface area contributed by atoms with E-state index in [-0.39, 0.29) is 5.84 Å². The summed E-state index contributed by atoms with van der Waals surface area (Å²) >= 11 is 5.22. The normalized spacial score (nSPS) is 17.9. The SMILES string of the molecule is N/C(=N/O)c1ccc(Br)cc1SC1CCOCC1. The Bertz CT molecular complexity index is 448. The molecule has 0 atom stereocenters. The van der Waals surface area contributed by atoms with Crippen molar-refractivity contribution in [3.05, 3.63) is 28.2 Å². The molecule has 4 nitrogen and oxygen atoms in total. The molecule has 0 saturated carbocycles. The molecule has 6 heteroatoms. The zero-order valence-electron chi connectivity index (χ0n) is 9.80. The van der Waals surface area contributed by atoms with Crippen LogP contribution in [0.3, 0.4) is 0 Å². The number of oxime groups is 1. The summed E-state index contributed by atoms with van der Waals surface area (Å²) < 4.78 is 6.34. The molecule has 1 aliphatic heterocycles. The van der Waals surface area contributed by atoms with E-state index < -0.39 is 0 Å². The van der Waals surface area contributed by atoms with Crippen molar-refractivity contribution >= 4 is 33.5 Å². The van der Waals surface area contributed by atoms with Gasteiger partial charge in [-0.3, -0.25) is 0 Å².